The molecule has 0 aliphatic carbocycles. The Balaban J connectivity index is 2.24. The lowest BCUT2D eigenvalue weighted by Gasteiger charge is -2.19. The molecule has 4 heteroatoms. The minimum atomic E-state index is 0.934. The van der Waals surface area contributed by atoms with Gasteiger partial charge in [0.1, 0.15) is 0 Å². The Bertz CT molecular complexity index is 144. The zero-order chi connectivity index (χ0) is 8.81. The van der Waals surface area contributed by atoms with Gasteiger partial charge in [0.25, 0.3) is 0 Å². The van der Waals surface area contributed by atoms with Gasteiger partial charge in [-0.05, 0) is 0 Å². The van der Waals surface area contributed by atoms with E-state index in [1.807, 2.05) is 21.6 Å². The molecule has 0 unspecified atom stereocenters. The van der Waals surface area contributed by atoms with Crippen molar-refractivity contribution in [2.45, 2.75) is 0 Å². The third kappa shape index (κ3) is 4.21. The van der Waals surface area contributed by atoms with Gasteiger partial charge in [-0.3, -0.25) is 4.90 Å². The summed E-state index contributed by atoms with van der Waals surface area (Å²) >= 11 is 3.42. The molecule has 1 aliphatic heterocycles. The van der Waals surface area contributed by atoms with Crippen molar-refractivity contribution in [1.29, 1.82) is 0 Å². The highest BCUT2D eigenvalue weighted by molar-refractivity contribution is 9.09. The zero-order valence-electron chi connectivity index (χ0n) is 7.09. The Morgan fingerprint density at radius 1 is 1.33 bits per heavy atom. The van der Waals surface area contributed by atoms with Crippen molar-refractivity contribution in [1.82, 2.24) is 4.90 Å². The molecule has 0 aromatic rings. The average Bonchev–Trinajstić information content (AvgIpc) is 2.33. The number of hydrogen-bond donors (Lipinski definition) is 0. The van der Waals surface area contributed by atoms with Crippen molar-refractivity contribution in [2.24, 2.45) is 0 Å². The summed E-state index contributed by atoms with van der Waals surface area (Å²) in [5, 5.41) is 0.934. The molecule has 1 nitrogen and oxygen atoms in total. The van der Waals surface area contributed by atoms with Crippen molar-refractivity contribution in [3.8, 4) is 0 Å². The van der Waals surface area contributed by atoms with Crippen molar-refractivity contribution in [3.05, 3.63) is 12.2 Å². The van der Waals surface area contributed by atoms with E-state index in [9.17, 15) is 0 Å². The van der Waals surface area contributed by atoms with Crippen LogP contribution in [0.3, 0.4) is 0 Å². The highest BCUT2D eigenvalue weighted by Gasteiger charge is 2.09. The van der Waals surface area contributed by atoms with Gasteiger partial charge in [-0.1, -0.05) is 49.7 Å². The molecule has 1 saturated heterocycles. The van der Waals surface area contributed by atoms with Crippen LogP contribution in [0.2, 0.25) is 0 Å². The fourth-order valence-electron chi connectivity index (χ4n) is 1.08. The number of rotatable bonds is 3. The third-order valence-corrected chi connectivity index (χ3v) is 4.86. The highest BCUT2D eigenvalue weighted by Crippen LogP contribution is 2.24. The van der Waals surface area contributed by atoms with Crippen LogP contribution in [0, 0.1) is 0 Å². The van der Waals surface area contributed by atoms with Crippen LogP contribution in [0.4, 0.5) is 0 Å². The number of alkyl halides is 1. The van der Waals surface area contributed by atoms with E-state index in [2.05, 4.69) is 27.4 Å². The average molecular weight is 268 g/mol. The second-order valence-corrected chi connectivity index (χ2v) is 6.07. The molecule has 0 spiro atoms. The van der Waals surface area contributed by atoms with Crippen LogP contribution in [0.1, 0.15) is 0 Å². The lowest BCUT2D eigenvalue weighted by atomic mass is 10.3. The second-order valence-electron chi connectivity index (χ2n) is 2.80. The lowest BCUT2D eigenvalue weighted by Crippen LogP contribution is -2.29. The molecule has 0 aromatic heterocycles. The number of hydrogen-bond acceptors (Lipinski definition) is 3. The Kier molecular flexibility index (Phi) is 5.80. The van der Waals surface area contributed by atoms with Crippen LogP contribution in [0.25, 0.3) is 0 Å². The van der Waals surface area contributed by atoms with Gasteiger partial charge < -0.3 is 0 Å². The first-order valence-corrected chi connectivity index (χ1v) is 7.63. The Hall–Kier alpha value is 0.880. The molecule has 0 aromatic carbocycles. The summed E-state index contributed by atoms with van der Waals surface area (Å²) in [6.07, 6.45) is 0. The van der Waals surface area contributed by atoms with E-state index in [0.717, 1.165) is 11.9 Å². The van der Waals surface area contributed by atoms with Crippen molar-refractivity contribution in [3.63, 3.8) is 0 Å². The second kappa shape index (κ2) is 6.35. The van der Waals surface area contributed by atoms with E-state index in [1.54, 1.807) is 0 Å². The molecule has 0 bridgehead atoms. The van der Waals surface area contributed by atoms with Gasteiger partial charge in [-0.25, -0.2) is 0 Å². The van der Waals surface area contributed by atoms with Gasteiger partial charge in [-0.15, -0.1) is 0 Å². The number of halogens is 1. The first-order chi connectivity index (χ1) is 5.83. The normalized spacial score (nSPS) is 20.4. The molecular formula is C8H14BrNS2. The zero-order valence-corrected chi connectivity index (χ0v) is 10.3. The molecular weight excluding hydrogens is 254 g/mol. The summed E-state index contributed by atoms with van der Waals surface area (Å²) < 4.78 is 0. The van der Waals surface area contributed by atoms with Gasteiger partial charge in [0.15, 0.2) is 0 Å². The van der Waals surface area contributed by atoms with Crippen LogP contribution < -0.4 is 0 Å². The minimum Gasteiger partial charge on any atom is -0.298 e. The maximum Gasteiger partial charge on any atom is 0.0251 e. The molecule has 70 valence electrons. The van der Waals surface area contributed by atoms with Crippen molar-refractivity contribution in [2.75, 3.05) is 36.5 Å². The van der Waals surface area contributed by atoms with Gasteiger partial charge in [0.05, 0.1) is 0 Å². The summed E-state index contributed by atoms with van der Waals surface area (Å²) in [6.45, 7) is 7.48. The van der Waals surface area contributed by atoms with Crippen molar-refractivity contribution < 1.29 is 0 Å². The summed E-state index contributed by atoms with van der Waals surface area (Å²) in [7, 11) is 3.98. The van der Waals surface area contributed by atoms with Crippen LogP contribution >= 0.6 is 37.5 Å². The molecule has 1 rings (SSSR count). The number of nitrogens with zero attached hydrogens (tertiary/aromatic N) is 1. The minimum absolute atomic E-state index is 0.934. The van der Waals surface area contributed by atoms with Crippen LogP contribution in [0.15, 0.2) is 12.2 Å². The van der Waals surface area contributed by atoms with Gasteiger partial charge >= 0.3 is 0 Å². The Morgan fingerprint density at radius 2 is 1.92 bits per heavy atom. The van der Waals surface area contributed by atoms with Gasteiger partial charge in [0.2, 0.25) is 0 Å². The monoisotopic (exact) mass is 267 g/mol. The van der Waals surface area contributed by atoms with Crippen molar-refractivity contribution >= 4 is 37.5 Å². The lowest BCUT2D eigenvalue weighted by molar-refractivity contribution is 0.338. The van der Waals surface area contributed by atoms with E-state index < -0.39 is 0 Å². The van der Waals surface area contributed by atoms with Gasteiger partial charge in [-0.2, -0.15) is 0 Å². The fraction of sp³-hybridized carbons (Fsp3) is 0.750. The highest BCUT2D eigenvalue weighted by atomic mass is 79.9. The summed E-state index contributed by atoms with van der Waals surface area (Å²) in [5.74, 6) is 2.50. The van der Waals surface area contributed by atoms with E-state index in [4.69, 9.17) is 0 Å². The summed E-state index contributed by atoms with van der Waals surface area (Å²) in [6, 6.07) is 0. The molecule has 1 aliphatic rings. The Labute approximate surface area is 90.9 Å². The van der Waals surface area contributed by atoms with E-state index in [1.165, 1.54) is 30.2 Å². The molecule has 0 saturated carbocycles. The topological polar surface area (TPSA) is 3.24 Å². The maximum atomic E-state index is 4.00. The molecule has 1 fully saturated rings. The molecule has 1 heterocycles. The van der Waals surface area contributed by atoms with Crippen LogP contribution in [0.5, 0.6) is 0 Å². The SMILES string of the molecule is C=C(CBr)CN1CCSSCC1. The molecule has 0 atom stereocenters. The third-order valence-electron chi connectivity index (χ3n) is 1.70. The van der Waals surface area contributed by atoms with E-state index in [0.29, 0.717) is 0 Å². The molecule has 0 amide bonds. The van der Waals surface area contributed by atoms with Gasteiger partial charge in [0, 0.05) is 36.5 Å². The Morgan fingerprint density at radius 3 is 2.42 bits per heavy atom. The first kappa shape index (κ1) is 11.0. The smallest absolute Gasteiger partial charge is 0.0251 e. The van der Waals surface area contributed by atoms with E-state index in [-0.39, 0.29) is 0 Å². The summed E-state index contributed by atoms with van der Waals surface area (Å²) in [5.41, 5.74) is 1.28. The first-order valence-electron chi connectivity index (χ1n) is 4.02. The van der Waals surface area contributed by atoms with Crippen LogP contribution in [-0.4, -0.2) is 41.4 Å². The standard InChI is InChI=1S/C8H14BrNS2/c1-8(6-9)7-10-2-4-11-12-5-3-10/h1-7H2. The quantitative estimate of drug-likeness (QED) is 0.440. The summed E-state index contributed by atoms with van der Waals surface area (Å²) in [4.78, 5) is 2.48. The predicted octanol–water partition coefficient (Wildman–Crippen LogP) is 2.63. The fourth-order valence-corrected chi connectivity index (χ4v) is 3.31. The van der Waals surface area contributed by atoms with Crippen LogP contribution in [-0.2, 0) is 0 Å². The molecule has 12 heavy (non-hydrogen) atoms. The molecule has 0 N–H and O–H groups in total. The van der Waals surface area contributed by atoms with E-state index >= 15 is 0 Å². The predicted molar refractivity (Wildman–Crippen MR) is 64.3 cm³/mol. The largest absolute Gasteiger partial charge is 0.298 e. The molecule has 0 radical (unpaired) electrons. The maximum absolute atomic E-state index is 4.00.